The van der Waals surface area contributed by atoms with Crippen molar-refractivity contribution >= 4 is 28.5 Å². The zero-order valence-electron chi connectivity index (χ0n) is 15.4. The van der Waals surface area contributed by atoms with E-state index >= 15 is 0 Å². The average Bonchev–Trinajstić information content (AvgIpc) is 3.06. The number of fused-ring (bicyclic) bond motifs is 1. The number of nitrogens with one attached hydrogen (secondary N) is 1. The topological polar surface area (TPSA) is 72.9 Å². The molecule has 4 rings (SSSR count). The number of piperidine rings is 1. The number of aromatic carboxylic acids is 1. The summed E-state index contributed by atoms with van der Waals surface area (Å²) in [6.07, 6.45) is 3.49. The zero-order valence-corrected chi connectivity index (χ0v) is 15.4. The monoisotopic (exact) mass is 367 g/mol. The molecule has 0 atom stereocenters. The van der Waals surface area contributed by atoms with Gasteiger partial charge in [-0.2, -0.15) is 0 Å². The predicted molar refractivity (Wildman–Crippen MR) is 105 cm³/mol. The second-order valence-corrected chi connectivity index (χ2v) is 7.45. The van der Waals surface area contributed by atoms with E-state index in [1.54, 1.807) is 18.2 Å². The number of rotatable bonds is 5. The Kier molecular flexibility index (Phi) is 4.99. The molecule has 0 bridgehead atoms. The molecule has 0 aromatic heterocycles. The lowest BCUT2D eigenvalue weighted by molar-refractivity contribution is 0.0697. The number of carboxylic acid groups (broad SMARTS) is 1. The second kappa shape index (κ2) is 7.56. The SMILES string of the molecule is O=C(O)c1ccc2cc(N3CCN(CCC4CCNCC4)C3=O)ccc2c1. The number of hydrogen-bond donors (Lipinski definition) is 2. The normalized spacial score (nSPS) is 18.4. The van der Waals surface area contributed by atoms with Crippen LogP contribution < -0.4 is 10.2 Å². The van der Waals surface area contributed by atoms with Crippen LogP contribution in [0.4, 0.5) is 10.5 Å². The Balaban J connectivity index is 1.44. The molecular weight excluding hydrogens is 342 g/mol. The summed E-state index contributed by atoms with van der Waals surface area (Å²) in [5.74, 6) is -0.211. The Morgan fingerprint density at radius 3 is 2.59 bits per heavy atom. The smallest absolute Gasteiger partial charge is 0.335 e. The van der Waals surface area contributed by atoms with Crippen molar-refractivity contribution < 1.29 is 14.7 Å². The molecule has 2 aliphatic heterocycles. The highest BCUT2D eigenvalue weighted by Crippen LogP contribution is 2.27. The maximum absolute atomic E-state index is 12.8. The summed E-state index contributed by atoms with van der Waals surface area (Å²) >= 11 is 0. The molecule has 0 aliphatic carbocycles. The highest BCUT2D eigenvalue weighted by molar-refractivity contribution is 5.99. The minimum absolute atomic E-state index is 0.0745. The van der Waals surface area contributed by atoms with E-state index in [4.69, 9.17) is 5.11 Å². The van der Waals surface area contributed by atoms with E-state index in [1.165, 1.54) is 12.8 Å². The Hall–Kier alpha value is -2.60. The summed E-state index contributed by atoms with van der Waals surface area (Å²) in [5.41, 5.74) is 1.15. The molecule has 6 heteroatoms. The first-order valence-corrected chi connectivity index (χ1v) is 9.66. The van der Waals surface area contributed by atoms with E-state index in [1.807, 2.05) is 28.0 Å². The Morgan fingerprint density at radius 1 is 1.07 bits per heavy atom. The minimum Gasteiger partial charge on any atom is -0.478 e. The molecule has 0 unspecified atom stereocenters. The Bertz CT molecular complexity index is 861. The molecular formula is C21H25N3O3. The molecule has 2 aliphatic rings. The van der Waals surface area contributed by atoms with Crippen molar-refractivity contribution in [2.24, 2.45) is 5.92 Å². The first-order chi connectivity index (χ1) is 13.1. The van der Waals surface area contributed by atoms with E-state index in [0.29, 0.717) is 6.54 Å². The van der Waals surface area contributed by atoms with Crippen LogP contribution in [-0.4, -0.2) is 54.7 Å². The van der Waals surface area contributed by atoms with Crippen LogP contribution >= 0.6 is 0 Å². The molecule has 27 heavy (non-hydrogen) atoms. The molecule has 2 aromatic rings. The van der Waals surface area contributed by atoms with Gasteiger partial charge in [0.1, 0.15) is 0 Å². The Labute approximate surface area is 158 Å². The van der Waals surface area contributed by atoms with Gasteiger partial charge in [0.05, 0.1) is 5.56 Å². The molecule has 2 N–H and O–H groups in total. The highest BCUT2D eigenvalue weighted by atomic mass is 16.4. The van der Waals surface area contributed by atoms with Gasteiger partial charge in [0, 0.05) is 25.3 Å². The number of urea groups is 1. The largest absolute Gasteiger partial charge is 0.478 e. The third-order valence-corrected chi connectivity index (χ3v) is 5.74. The lowest BCUT2D eigenvalue weighted by Crippen LogP contribution is -2.34. The third-order valence-electron chi connectivity index (χ3n) is 5.74. The van der Waals surface area contributed by atoms with Crippen molar-refractivity contribution in [3.63, 3.8) is 0 Å². The number of carbonyl (C=O) groups excluding carboxylic acids is 1. The molecule has 0 radical (unpaired) electrons. The van der Waals surface area contributed by atoms with Gasteiger partial charge in [-0.3, -0.25) is 4.90 Å². The summed E-state index contributed by atoms with van der Waals surface area (Å²) in [6, 6.07) is 10.9. The molecule has 2 heterocycles. The fourth-order valence-corrected chi connectivity index (χ4v) is 4.07. The van der Waals surface area contributed by atoms with Gasteiger partial charge in [0.2, 0.25) is 0 Å². The van der Waals surface area contributed by atoms with E-state index in [0.717, 1.165) is 55.0 Å². The predicted octanol–water partition coefficient (Wildman–Crippen LogP) is 3.17. The van der Waals surface area contributed by atoms with Crippen LogP contribution in [0, 0.1) is 5.92 Å². The minimum atomic E-state index is -0.930. The first-order valence-electron chi connectivity index (χ1n) is 9.66. The maximum atomic E-state index is 12.8. The molecule has 142 valence electrons. The third kappa shape index (κ3) is 3.76. The van der Waals surface area contributed by atoms with Gasteiger partial charge >= 0.3 is 12.0 Å². The molecule has 2 amide bonds. The molecule has 2 saturated heterocycles. The molecule has 2 aromatic carbocycles. The van der Waals surface area contributed by atoms with Crippen LogP contribution in [0.2, 0.25) is 0 Å². The highest BCUT2D eigenvalue weighted by Gasteiger charge is 2.30. The fraction of sp³-hybridized carbons (Fsp3) is 0.429. The number of anilines is 1. The number of carbonyl (C=O) groups is 2. The van der Waals surface area contributed by atoms with Crippen LogP contribution in [0.15, 0.2) is 36.4 Å². The van der Waals surface area contributed by atoms with Crippen LogP contribution in [0.3, 0.4) is 0 Å². The van der Waals surface area contributed by atoms with E-state index < -0.39 is 5.97 Å². The van der Waals surface area contributed by atoms with Crippen molar-refractivity contribution in [1.82, 2.24) is 10.2 Å². The van der Waals surface area contributed by atoms with Crippen molar-refractivity contribution in [3.8, 4) is 0 Å². The fourth-order valence-electron chi connectivity index (χ4n) is 4.07. The lowest BCUT2D eigenvalue weighted by atomic mass is 9.94. The van der Waals surface area contributed by atoms with E-state index in [2.05, 4.69) is 5.32 Å². The van der Waals surface area contributed by atoms with Crippen LogP contribution in [0.25, 0.3) is 10.8 Å². The lowest BCUT2D eigenvalue weighted by Gasteiger charge is -2.25. The van der Waals surface area contributed by atoms with Gasteiger partial charge in [0.25, 0.3) is 0 Å². The van der Waals surface area contributed by atoms with Crippen LogP contribution in [-0.2, 0) is 0 Å². The van der Waals surface area contributed by atoms with Crippen molar-refractivity contribution in [1.29, 1.82) is 0 Å². The van der Waals surface area contributed by atoms with Crippen molar-refractivity contribution in [2.75, 3.05) is 37.6 Å². The first kappa shape index (κ1) is 17.8. The van der Waals surface area contributed by atoms with E-state index in [-0.39, 0.29) is 11.6 Å². The van der Waals surface area contributed by atoms with E-state index in [9.17, 15) is 9.59 Å². The van der Waals surface area contributed by atoms with Crippen molar-refractivity contribution in [2.45, 2.75) is 19.3 Å². The summed E-state index contributed by atoms with van der Waals surface area (Å²) < 4.78 is 0. The van der Waals surface area contributed by atoms with Crippen molar-refractivity contribution in [3.05, 3.63) is 42.0 Å². The second-order valence-electron chi connectivity index (χ2n) is 7.45. The summed E-state index contributed by atoms with van der Waals surface area (Å²) in [7, 11) is 0. The van der Waals surface area contributed by atoms with Crippen LogP contribution in [0.5, 0.6) is 0 Å². The van der Waals surface area contributed by atoms with Gasteiger partial charge in [0.15, 0.2) is 0 Å². The summed E-state index contributed by atoms with van der Waals surface area (Å²) in [5, 5.41) is 14.3. The van der Waals surface area contributed by atoms with Crippen LogP contribution in [0.1, 0.15) is 29.6 Å². The van der Waals surface area contributed by atoms with Gasteiger partial charge in [-0.1, -0.05) is 12.1 Å². The Morgan fingerprint density at radius 2 is 1.81 bits per heavy atom. The number of amides is 2. The van der Waals surface area contributed by atoms with Gasteiger partial charge in [-0.15, -0.1) is 0 Å². The zero-order chi connectivity index (χ0) is 18.8. The molecule has 0 saturated carbocycles. The standard InChI is InChI=1S/C21H25N3O3/c25-20(26)18-2-1-17-14-19(4-3-16(17)13-18)24-12-11-23(21(24)27)10-7-15-5-8-22-9-6-15/h1-4,13-15,22H,5-12H2,(H,25,26). The molecule has 0 spiro atoms. The summed E-state index contributed by atoms with van der Waals surface area (Å²) in [6.45, 7) is 4.47. The van der Waals surface area contributed by atoms with Gasteiger partial charge in [-0.05, 0) is 73.3 Å². The molecule has 2 fully saturated rings. The van der Waals surface area contributed by atoms with Gasteiger partial charge < -0.3 is 15.3 Å². The maximum Gasteiger partial charge on any atom is 0.335 e. The quantitative estimate of drug-likeness (QED) is 0.851. The number of benzene rings is 2. The summed E-state index contributed by atoms with van der Waals surface area (Å²) in [4.78, 5) is 27.7. The number of carboxylic acids is 1. The number of hydrogen-bond acceptors (Lipinski definition) is 3. The molecule has 6 nitrogen and oxygen atoms in total. The number of nitrogens with zero attached hydrogens (tertiary/aromatic N) is 2. The van der Waals surface area contributed by atoms with Gasteiger partial charge in [-0.25, -0.2) is 9.59 Å². The average molecular weight is 367 g/mol.